The largest absolute Gasteiger partial charge is 0.481 e. The first-order chi connectivity index (χ1) is 43.2. The zero-order chi connectivity index (χ0) is 65.0. The lowest BCUT2D eigenvalue weighted by atomic mass is 9.32. The summed E-state index contributed by atoms with van der Waals surface area (Å²) in [4.78, 5) is 102. The van der Waals surface area contributed by atoms with E-state index in [0.29, 0.717) is 16.6 Å². The van der Waals surface area contributed by atoms with Crippen LogP contribution in [-0.4, -0.2) is 217 Å². The lowest BCUT2D eigenvalue weighted by Gasteiger charge is -2.83. The maximum absolute atomic E-state index is 13.8. The molecule has 0 bridgehead atoms. The molecule has 23 unspecified atom stereocenters. The Balaban J connectivity index is 0.682. The highest BCUT2D eigenvalue weighted by Gasteiger charge is 2.95. The molecule has 33 heteroatoms. The van der Waals surface area contributed by atoms with Gasteiger partial charge in [0.15, 0.2) is 24.7 Å². The SMILES string of the molecule is CC(Cn1cc(/C=C/C(=O)NC23C(O)OC2C2(COC4OC5C4(O)C4C(O)C(O)C54COC4OC5(O)C4C4C(O)C(O)C45CO)C(O)C(O)C23)c(=O)[nH]c1=O)C(CCn1cc(C#CCCC(=O)O)c2c(N)ncnc21)Cn1cc(C#CCCC(=O)O)c(=O)[nH]c1=O. The van der Waals surface area contributed by atoms with Crippen LogP contribution in [0, 0.1) is 75.4 Å². The minimum Gasteiger partial charge on any atom is -0.481 e. The summed E-state index contributed by atoms with van der Waals surface area (Å²) in [6, 6.07) is 0. The van der Waals surface area contributed by atoms with Crippen LogP contribution >= 0.6 is 0 Å². The van der Waals surface area contributed by atoms with Gasteiger partial charge in [0.2, 0.25) is 5.91 Å². The van der Waals surface area contributed by atoms with Crippen LogP contribution in [0.2, 0.25) is 0 Å². The van der Waals surface area contributed by atoms with E-state index in [0.717, 1.165) is 12.2 Å². The molecule has 91 heavy (non-hydrogen) atoms. The summed E-state index contributed by atoms with van der Waals surface area (Å²) in [5.74, 6) is 1.13. The summed E-state index contributed by atoms with van der Waals surface area (Å²) in [6.45, 7) is 0.223. The maximum atomic E-state index is 13.8. The monoisotopic (exact) mass is 1270 g/mol. The highest BCUT2D eigenvalue weighted by molar-refractivity contribution is 5.93. The van der Waals surface area contributed by atoms with Gasteiger partial charge in [-0.25, -0.2) is 19.6 Å². The standard InChI is InChI=1S/C58H65N9O24/c1-23(24(15-67-17-26(44(80)62-52(67)84)7-3-5-9-30(72)73)12-13-65-16-25(6-2-4-8-29(70)71)31-42(59)60-22-61-43(31)65)14-66-18-27(45(81)63-51(66)83)10-11-28(69)64-56-37-35(75)39(77)53(37,47(56)89-49(56)82)21-88-50-57(85)38-36(76)40(78)54(38,48(57)90-50)20-87-46-33-32-34(74)41(79)55(32,19-68)58(33,86)91-46/h10-11,16-18,22-24,32-41,46-50,68,74-79,82,85-86H,4-5,8-9,12-15,19-21H2,1H3,(H,64,69)(H,70,71)(H,72,73)(H2,59,60,61)(H,62,80,84)(H,63,81,83)/b11-10+. The molecule has 6 saturated carbocycles. The Morgan fingerprint density at radius 1 is 0.780 bits per heavy atom. The molecule has 3 aliphatic heterocycles. The van der Waals surface area contributed by atoms with E-state index < -0.39 is 190 Å². The number of nitrogens with one attached hydrogen (secondary N) is 3. The van der Waals surface area contributed by atoms with E-state index >= 15 is 0 Å². The van der Waals surface area contributed by atoms with Gasteiger partial charge in [0, 0.05) is 74.9 Å². The van der Waals surface area contributed by atoms with Gasteiger partial charge in [0.05, 0.1) is 108 Å². The third kappa shape index (κ3) is 8.51. The molecule has 7 heterocycles. The zero-order valence-electron chi connectivity index (χ0n) is 48.1. The third-order valence-corrected chi connectivity index (χ3v) is 21.2. The summed E-state index contributed by atoms with van der Waals surface area (Å²) < 4.78 is 33.3. The second-order valence-corrected chi connectivity index (χ2v) is 25.5. The van der Waals surface area contributed by atoms with Gasteiger partial charge in [-0.3, -0.25) is 43.1 Å². The number of anilines is 1. The number of hydrogen-bond acceptors (Lipinski definition) is 25. The van der Waals surface area contributed by atoms with Crippen LogP contribution in [0.1, 0.15) is 55.7 Å². The first kappa shape index (κ1) is 62.3. The average molecular weight is 1270 g/mol. The van der Waals surface area contributed by atoms with Crippen LogP contribution in [0.4, 0.5) is 5.82 Å². The summed E-state index contributed by atoms with van der Waals surface area (Å²) >= 11 is 0. The van der Waals surface area contributed by atoms with Gasteiger partial charge in [0.1, 0.15) is 46.7 Å². The minimum absolute atomic E-state index is 0.0443. The van der Waals surface area contributed by atoms with Crippen LogP contribution in [0.3, 0.4) is 0 Å². The molecule has 4 aromatic rings. The molecule has 6 aliphatic carbocycles. The van der Waals surface area contributed by atoms with Crippen molar-refractivity contribution < 1.29 is 99.3 Å². The van der Waals surface area contributed by atoms with E-state index in [-0.39, 0.29) is 75.3 Å². The number of aliphatic hydroxyl groups excluding tert-OH is 8. The minimum atomic E-state index is -1.98. The quantitative estimate of drug-likeness (QED) is 0.0257. The molecule has 0 spiro atoms. The second kappa shape index (κ2) is 21.8. The zero-order valence-corrected chi connectivity index (χ0v) is 48.1. The third-order valence-electron chi connectivity index (χ3n) is 21.2. The van der Waals surface area contributed by atoms with Gasteiger partial charge in [-0.2, -0.15) is 0 Å². The Morgan fingerprint density at radius 2 is 1.41 bits per heavy atom. The van der Waals surface area contributed by atoms with E-state index in [2.05, 4.69) is 48.9 Å². The molecule has 3 saturated heterocycles. The molecule has 9 aliphatic rings. The summed E-state index contributed by atoms with van der Waals surface area (Å²) in [7, 11) is 0. The fourth-order valence-electron chi connectivity index (χ4n) is 16.6. The molecule has 33 nitrogen and oxygen atoms in total. The molecule has 17 N–H and O–H groups in total. The predicted octanol–water partition coefficient (Wildman–Crippen LogP) is -7.03. The molecular weight excluding hydrogens is 1210 g/mol. The van der Waals surface area contributed by atoms with E-state index in [1.54, 1.807) is 17.7 Å². The lowest BCUT2D eigenvalue weighted by molar-refractivity contribution is -0.597. The first-order valence-corrected chi connectivity index (χ1v) is 29.4. The van der Waals surface area contributed by atoms with Gasteiger partial charge in [-0.1, -0.05) is 30.6 Å². The van der Waals surface area contributed by atoms with Crippen molar-refractivity contribution in [3.8, 4) is 23.7 Å². The van der Waals surface area contributed by atoms with Crippen molar-refractivity contribution in [3.63, 3.8) is 0 Å². The highest BCUT2D eigenvalue weighted by atomic mass is 16.8. The Morgan fingerprint density at radius 3 is 2.08 bits per heavy atom. The van der Waals surface area contributed by atoms with Gasteiger partial charge in [0.25, 0.3) is 11.1 Å². The van der Waals surface area contributed by atoms with Crippen molar-refractivity contribution in [1.82, 2.24) is 39.0 Å². The lowest BCUT2D eigenvalue weighted by Crippen LogP contribution is -3.01. The average Bonchev–Trinajstić information content (AvgIpc) is 0.665. The number of nitrogen functional groups attached to an aromatic ring is 1. The van der Waals surface area contributed by atoms with Crippen molar-refractivity contribution in [3.05, 3.63) is 89.4 Å². The van der Waals surface area contributed by atoms with Crippen molar-refractivity contribution >= 4 is 40.8 Å². The number of carbonyl (C=O) groups excluding carboxylic acids is 1. The molecule has 0 radical (unpaired) electrons. The number of H-pyrrole nitrogens is 2. The topological polar surface area (TPSA) is 519 Å². The number of ether oxygens (including phenoxy) is 5. The molecular formula is C58H65N9O24. The number of amides is 1. The Bertz CT molecular complexity index is 4110. The maximum Gasteiger partial charge on any atom is 0.328 e. The van der Waals surface area contributed by atoms with Gasteiger partial charge in [-0.15, -0.1) is 0 Å². The Hall–Kier alpha value is -7.55. The van der Waals surface area contributed by atoms with Crippen LogP contribution < -0.4 is 33.5 Å². The van der Waals surface area contributed by atoms with E-state index in [9.17, 15) is 84.6 Å². The van der Waals surface area contributed by atoms with Gasteiger partial charge in [-0.05, 0) is 24.3 Å². The normalized spacial score (nSPS) is 39.2. The van der Waals surface area contributed by atoms with E-state index in [1.165, 1.54) is 27.9 Å². The number of nitrogens with two attached hydrogens (primary N) is 1. The van der Waals surface area contributed by atoms with Crippen molar-refractivity contribution in [2.24, 2.45) is 51.8 Å². The number of fused-ring (bicyclic) bond motifs is 13. The second-order valence-electron chi connectivity index (χ2n) is 25.5. The molecule has 486 valence electrons. The highest BCUT2D eigenvalue weighted by Crippen LogP contribution is 2.78. The number of aliphatic carboxylic acids is 2. The van der Waals surface area contributed by atoms with E-state index in [1.807, 2.05) is 0 Å². The number of aryl methyl sites for hydroxylation is 1. The molecule has 23 atom stereocenters. The molecule has 9 fully saturated rings. The number of aromatic nitrogens is 7. The van der Waals surface area contributed by atoms with Crippen LogP contribution in [0.15, 0.2) is 50.2 Å². The van der Waals surface area contributed by atoms with Crippen LogP contribution in [0.25, 0.3) is 17.1 Å². The summed E-state index contributed by atoms with van der Waals surface area (Å²) in [5, 5.41) is 131. The van der Waals surface area contributed by atoms with Gasteiger partial charge < -0.3 is 101 Å². The number of hydrogen-bond donors (Lipinski definition) is 16. The van der Waals surface area contributed by atoms with E-state index in [4.69, 9.17) is 39.6 Å². The predicted molar refractivity (Wildman–Crippen MR) is 300 cm³/mol. The number of aliphatic hydroxyl groups is 10. The summed E-state index contributed by atoms with van der Waals surface area (Å²) in [6.07, 6.45) is -8.40. The van der Waals surface area contributed by atoms with Crippen molar-refractivity contribution in [2.45, 2.75) is 143 Å². The Labute approximate surface area is 511 Å². The number of nitrogens with zero attached hydrogens (tertiary/aromatic N) is 5. The fourth-order valence-corrected chi connectivity index (χ4v) is 16.6. The van der Waals surface area contributed by atoms with Gasteiger partial charge >= 0.3 is 23.3 Å². The fraction of sp³-hybridized carbons (Fsp3) is 0.603. The van der Waals surface area contributed by atoms with Crippen molar-refractivity contribution in [2.75, 3.05) is 25.6 Å². The number of rotatable bonds is 22. The molecule has 0 aromatic carbocycles. The molecule has 13 rings (SSSR count). The number of carboxylic acid groups (broad SMARTS) is 2. The summed E-state index contributed by atoms with van der Waals surface area (Å²) in [5.41, 5.74) is -4.64. The van der Waals surface area contributed by atoms with Crippen LogP contribution in [-0.2, 0) is 57.7 Å². The number of carboxylic acids is 2. The molecule has 4 aromatic heterocycles. The smallest absolute Gasteiger partial charge is 0.328 e. The number of carbonyl (C=O) groups is 3. The van der Waals surface area contributed by atoms with Crippen LogP contribution in [0.5, 0.6) is 0 Å². The van der Waals surface area contributed by atoms with Crippen molar-refractivity contribution in [1.29, 1.82) is 0 Å². The first-order valence-electron chi connectivity index (χ1n) is 29.4. The Kier molecular flexibility index (Phi) is 14.9. The number of aromatic amines is 2. The molecule has 1 amide bonds.